The quantitative estimate of drug-likeness (QED) is 0.806. The van der Waals surface area contributed by atoms with Gasteiger partial charge in [-0.2, -0.15) is 13.2 Å². The van der Waals surface area contributed by atoms with Crippen molar-refractivity contribution >= 4 is 9.84 Å². The normalized spacial score (nSPS) is 17.2. The van der Waals surface area contributed by atoms with E-state index < -0.39 is 33.1 Å². The number of rotatable bonds is 6. The van der Waals surface area contributed by atoms with Crippen molar-refractivity contribution in [1.29, 1.82) is 0 Å². The SMILES string of the molecule is CC(C)C(C)S(=O)(=O)C(C)CNCC(F)(F)F. The number of sulfone groups is 1. The first kappa shape index (κ1) is 16.7. The predicted octanol–water partition coefficient (Wildman–Crippen LogP) is 1.99. The third-order valence-electron chi connectivity index (χ3n) is 2.78. The highest BCUT2D eigenvalue weighted by Gasteiger charge is 2.31. The predicted molar refractivity (Wildman–Crippen MR) is 61.6 cm³/mol. The molecule has 0 rings (SSSR count). The van der Waals surface area contributed by atoms with Gasteiger partial charge in [0.15, 0.2) is 9.84 Å². The second kappa shape index (κ2) is 6.04. The molecule has 0 radical (unpaired) electrons. The second-order valence-corrected chi connectivity index (χ2v) is 7.32. The first-order valence-corrected chi connectivity index (χ1v) is 7.09. The lowest BCUT2D eigenvalue weighted by atomic mass is 10.2. The molecule has 0 aliphatic heterocycles. The molecule has 0 fully saturated rings. The highest BCUT2D eigenvalue weighted by molar-refractivity contribution is 7.92. The standard InChI is InChI=1S/C10H20F3NO2S/c1-7(2)9(4)17(15,16)8(3)5-14-6-10(11,12)13/h7-9,14H,5-6H2,1-4H3. The highest BCUT2D eigenvalue weighted by atomic mass is 32.2. The Morgan fingerprint density at radius 1 is 1.12 bits per heavy atom. The van der Waals surface area contributed by atoms with E-state index >= 15 is 0 Å². The lowest BCUT2D eigenvalue weighted by Crippen LogP contribution is -2.40. The zero-order valence-corrected chi connectivity index (χ0v) is 11.3. The van der Waals surface area contributed by atoms with Gasteiger partial charge in [-0.15, -0.1) is 0 Å². The summed E-state index contributed by atoms with van der Waals surface area (Å²) in [6, 6.07) is 0. The minimum atomic E-state index is -4.31. The Labute approximate surface area is 101 Å². The van der Waals surface area contributed by atoms with Gasteiger partial charge in [0.05, 0.1) is 17.0 Å². The molecule has 0 aromatic carbocycles. The minimum Gasteiger partial charge on any atom is -0.307 e. The van der Waals surface area contributed by atoms with Crippen LogP contribution in [-0.4, -0.2) is 38.2 Å². The Kier molecular flexibility index (Phi) is 5.93. The fourth-order valence-electron chi connectivity index (χ4n) is 1.28. The van der Waals surface area contributed by atoms with Crippen LogP contribution in [0.5, 0.6) is 0 Å². The summed E-state index contributed by atoms with van der Waals surface area (Å²) in [7, 11) is -3.39. The van der Waals surface area contributed by atoms with Crippen molar-refractivity contribution in [3.8, 4) is 0 Å². The van der Waals surface area contributed by atoms with E-state index in [4.69, 9.17) is 0 Å². The maximum Gasteiger partial charge on any atom is 0.401 e. The molecule has 0 aromatic rings. The molecule has 0 saturated carbocycles. The van der Waals surface area contributed by atoms with Gasteiger partial charge in [-0.05, 0) is 19.8 Å². The van der Waals surface area contributed by atoms with Crippen LogP contribution in [0.3, 0.4) is 0 Å². The molecule has 0 heterocycles. The second-order valence-electron chi connectivity index (χ2n) is 4.59. The van der Waals surface area contributed by atoms with Crippen LogP contribution in [0.25, 0.3) is 0 Å². The molecule has 0 aromatic heterocycles. The number of hydrogen-bond acceptors (Lipinski definition) is 3. The third kappa shape index (κ3) is 5.72. The Morgan fingerprint density at radius 3 is 1.94 bits per heavy atom. The molecule has 0 spiro atoms. The van der Waals surface area contributed by atoms with Gasteiger partial charge in [0.25, 0.3) is 0 Å². The minimum absolute atomic E-state index is 0.0509. The van der Waals surface area contributed by atoms with Crippen LogP contribution in [0.15, 0.2) is 0 Å². The number of alkyl halides is 3. The fourth-order valence-corrected chi connectivity index (χ4v) is 3.12. The van der Waals surface area contributed by atoms with Crippen molar-refractivity contribution in [3.63, 3.8) is 0 Å². The van der Waals surface area contributed by atoms with E-state index in [0.717, 1.165) is 0 Å². The van der Waals surface area contributed by atoms with Crippen molar-refractivity contribution in [2.75, 3.05) is 13.1 Å². The zero-order valence-electron chi connectivity index (χ0n) is 10.5. The summed E-state index contributed by atoms with van der Waals surface area (Å²) in [5.41, 5.74) is 0. The van der Waals surface area contributed by atoms with Gasteiger partial charge < -0.3 is 5.32 Å². The van der Waals surface area contributed by atoms with Crippen LogP contribution >= 0.6 is 0 Å². The largest absolute Gasteiger partial charge is 0.401 e. The molecule has 17 heavy (non-hydrogen) atoms. The summed E-state index contributed by atoms with van der Waals surface area (Å²) >= 11 is 0. The maximum atomic E-state index is 11.9. The average molecular weight is 275 g/mol. The lowest BCUT2D eigenvalue weighted by Gasteiger charge is -2.22. The molecule has 2 atom stereocenters. The number of nitrogens with one attached hydrogen (secondary N) is 1. The average Bonchev–Trinajstić information content (AvgIpc) is 2.14. The third-order valence-corrected chi connectivity index (χ3v) is 5.64. The van der Waals surface area contributed by atoms with E-state index in [9.17, 15) is 21.6 Å². The topological polar surface area (TPSA) is 46.2 Å². The summed E-state index contributed by atoms with van der Waals surface area (Å²) in [5.74, 6) is -0.0509. The first-order chi connectivity index (χ1) is 7.48. The van der Waals surface area contributed by atoms with E-state index in [1.165, 1.54) is 6.92 Å². The van der Waals surface area contributed by atoms with Gasteiger partial charge in [-0.1, -0.05) is 13.8 Å². The van der Waals surface area contributed by atoms with Crippen LogP contribution < -0.4 is 5.32 Å². The van der Waals surface area contributed by atoms with Gasteiger partial charge >= 0.3 is 6.18 Å². The smallest absolute Gasteiger partial charge is 0.307 e. The van der Waals surface area contributed by atoms with Crippen LogP contribution in [-0.2, 0) is 9.84 Å². The van der Waals surface area contributed by atoms with Gasteiger partial charge in [0, 0.05) is 6.54 Å². The molecule has 3 nitrogen and oxygen atoms in total. The molecule has 1 N–H and O–H groups in total. The van der Waals surface area contributed by atoms with E-state index in [2.05, 4.69) is 5.32 Å². The molecule has 0 aliphatic carbocycles. The zero-order chi connectivity index (χ0) is 13.9. The van der Waals surface area contributed by atoms with Gasteiger partial charge in [-0.3, -0.25) is 0 Å². The van der Waals surface area contributed by atoms with Crippen molar-refractivity contribution in [1.82, 2.24) is 5.32 Å². The van der Waals surface area contributed by atoms with Crippen LogP contribution in [0.2, 0.25) is 0 Å². The number of halogens is 3. The first-order valence-electron chi connectivity index (χ1n) is 5.48. The van der Waals surface area contributed by atoms with E-state index in [-0.39, 0.29) is 12.5 Å². The molecular formula is C10H20F3NO2S. The molecule has 0 aliphatic rings. The lowest BCUT2D eigenvalue weighted by molar-refractivity contribution is -0.124. The Bertz CT molecular complexity index is 325. The fraction of sp³-hybridized carbons (Fsp3) is 1.00. The van der Waals surface area contributed by atoms with Crippen LogP contribution in [0.4, 0.5) is 13.2 Å². The summed E-state index contributed by atoms with van der Waals surface area (Å²) < 4.78 is 59.4. The summed E-state index contributed by atoms with van der Waals surface area (Å²) in [6.45, 7) is 5.22. The molecule has 0 saturated heterocycles. The summed E-state index contributed by atoms with van der Waals surface area (Å²) in [6.07, 6.45) is -4.31. The van der Waals surface area contributed by atoms with Gasteiger partial charge in [0.1, 0.15) is 0 Å². The van der Waals surface area contributed by atoms with Crippen LogP contribution in [0, 0.1) is 5.92 Å². The van der Waals surface area contributed by atoms with Crippen molar-refractivity contribution in [2.24, 2.45) is 5.92 Å². The van der Waals surface area contributed by atoms with Crippen molar-refractivity contribution in [2.45, 2.75) is 44.4 Å². The molecule has 7 heteroatoms. The molecule has 0 amide bonds. The maximum absolute atomic E-state index is 11.9. The molecule has 0 bridgehead atoms. The highest BCUT2D eigenvalue weighted by Crippen LogP contribution is 2.17. The van der Waals surface area contributed by atoms with Crippen LogP contribution in [0.1, 0.15) is 27.7 Å². The van der Waals surface area contributed by atoms with Crippen molar-refractivity contribution in [3.05, 3.63) is 0 Å². The number of hydrogen-bond donors (Lipinski definition) is 1. The Morgan fingerprint density at radius 2 is 1.59 bits per heavy atom. The molecule has 104 valence electrons. The summed E-state index contributed by atoms with van der Waals surface area (Å²) in [4.78, 5) is 0. The summed E-state index contributed by atoms with van der Waals surface area (Å²) in [5, 5.41) is 0.753. The molecule has 2 unspecified atom stereocenters. The Balaban J connectivity index is 4.37. The van der Waals surface area contributed by atoms with E-state index in [1.54, 1.807) is 20.8 Å². The van der Waals surface area contributed by atoms with E-state index in [1.807, 2.05) is 0 Å². The Hall–Kier alpha value is -0.300. The van der Waals surface area contributed by atoms with Gasteiger partial charge in [0.2, 0.25) is 0 Å². The van der Waals surface area contributed by atoms with E-state index in [0.29, 0.717) is 0 Å². The molecular weight excluding hydrogens is 255 g/mol. The monoisotopic (exact) mass is 275 g/mol. The van der Waals surface area contributed by atoms with Gasteiger partial charge in [-0.25, -0.2) is 8.42 Å². The van der Waals surface area contributed by atoms with Crippen molar-refractivity contribution < 1.29 is 21.6 Å².